The molecule has 0 aliphatic rings. The third kappa shape index (κ3) is 6.21. The fraction of sp³-hybridized carbons (Fsp3) is 0.125. The summed E-state index contributed by atoms with van der Waals surface area (Å²) in [6.07, 6.45) is 1.38. The molecule has 1 amide bonds. The van der Waals surface area contributed by atoms with Gasteiger partial charge in [0, 0.05) is 5.02 Å². The minimum Gasteiger partial charge on any atom is -0.465 e. The van der Waals surface area contributed by atoms with E-state index in [1.165, 1.54) is 37.6 Å². The number of sulfonamides is 1. The number of esters is 1. The average molecular weight is 500 g/mol. The molecule has 1 N–H and O–H groups in total. The summed E-state index contributed by atoms with van der Waals surface area (Å²) in [5.74, 6) is -1.10. The lowest BCUT2D eigenvalue weighted by Gasteiger charge is -2.23. The Labute approximate surface area is 202 Å². The number of nitrogens with zero attached hydrogens (tertiary/aromatic N) is 2. The second kappa shape index (κ2) is 11.0. The number of methoxy groups -OCH3 is 1. The van der Waals surface area contributed by atoms with E-state index in [4.69, 9.17) is 11.6 Å². The zero-order valence-electron chi connectivity index (χ0n) is 18.4. The van der Waals surface area contributed by atoms with Crippen LogP contribution in [-0.2, 0) is 19.6 Å². The standard InChI is InChI=1S/C24H22ClN3O5S/c1-17-3-11-21(12-4-17)28(34(31,32)22-13-9-20(25)10-14-22)16-23(29)27-26-15-18-5-7-19(8-6-18)24(30)33-2/h3-15H,16H2,1-2H3,(H,27,29)/b26-15-. The molecule has 34 heavy (non-hydrogen) atoms. The quantitative estimate of drug-likeness (QED) is 0.288. The van der Waals surface area contributed by atoms with E-state index in [1.807, 2.05) is 6.92 Å². The molecule has 3 aromatic carbocycles. The molecule has 8 nitrogen and oxygen atoms in total. The lowest BCUT2D eigenvalue weighted by atomic mass is 10.1. The first kappa shape index (κ1) is 24.9. The topological polar surface area (TPSA) is 105 Å². The molecule has 10 heteroatoms. The first-order valence-electron chi connectivity index (χ1n) is 10.1. The molecule has 0 saturated heterocycles. The predicted octanol–water partition coefficient (Wildman–Crippen LogP) is 3.78. The number of aryl methyl sites for hydroxylation is 1. The Bertz CT molecular complexity index is 1290. The van der Waals surface area contributed by atoms with Gasteiger partial charge in [0.25, 0.3) is 15.9 Å². The minimum atomic E-state index is -4.05. The second-order valence-electron chi connectivity index (χ2n) is 7.21. The smallest absolute Gasteiger partial charge is 0.337 e. The van der Waals surface area contributed by atoms with Gasteiger partial charge in [0.1, 0.15) is 6.54 Å². The monoisotopic (exact) mass is 499 g/mol. The molecule has 3 rings (SSSR count). The normalized spacial score (nSPS) is 11.3. The van der Waals surface area contributed by atoms with Crippen molar-refractivity contribution in [2.24, 2.45) is 5.10 Å². The number of carbonyl (C=O) groups is 2. The number of anilines is 1. The summed E-state index contributed by atoms with van der Waals surface area (Å²) in [7, 11) is -2.76. The summed E-state index contributed by atoms with van der Waals surface area (Å²) in [6, 6.07) is 18.9. The molecule has 0 spiro atoms. The van der Waals surface area contributed by atoms with Crippen molar-refractivity contribution < 1.29 is 22.7 Å². The number of ether oxygens (including phenoxy) is 1. The summed E-state index contributed by atoms with van der Waals surface area (Å²) >= 11 is 5.89. The van der Waals surface area contributed by atoms with E-state index in [0.29, 0.717) is 21.8 Å². The zero-order chi connectivity index (χ0) is 24.7. The Morgan fingerprint density at radius 3 is 2.21 bits per heavy atom. The summed E-state index contributed by atoms with van der Waals surface area (Å²) in [6.45, 7) is 1.38. The number of hydrazone groups is 1. The number of rotatable bonds is 8. The molecule has 3 aromatic rings. The Morgan fingerprint density at radius 2 is 1.62 bits per heavy atom. The third-order valence-corrected chi connectivity index (χ3v) is 6.79. The van der Waals surface area contributed by atoms with Gasteiger partial charge in [0.15, 0.2) is 0 Å². The lowest BCUT2D eigenvalue weighted by molar-refractivity contribution is -0.119. The Hall–Kier alpha value is -3.69. The maximum Gasteiger partial charge on any atom is 0.337 e. The van der Waals surface area contributed by atoms with E-state index < -0.39 is 28.4 Å². The highest BCUT2D eigenvalue weighted by Crippen LogP contribution is 2.25. The molecule has 0 fully saturated rings. The molecular weight excluding hydrogens is 478 g/mol. The SMILES string of the molecule is COC(=O)c1ccc(/C=N\NC(=O)CN(c2ccc(C)cc2)S(=O)(=O)c2ccc(Cl)cc2)cc1. The van der Waals surface area contributed by atoms with Crippen LogP contribution in [0, 0.1) is 6.92 Å². The molecule has 0 aliphatic carbocycles. The van der Waals surface area contributed by atoms with Gasteiger partial charge in [-0.05, 0) is 61.0 Å². The molecule has 0 radical (unpaired) electrons. The van der Waals surface area contributed by atoms with Crippen LogP contribution < -0.4 is 9.73 Å². The van der Waals surface area contributed by atoms with Gasteiger partial charge in [0.2, 0.25) is 0 Å². The van der Waals surface area contributed by atoms with Crippen molar-refractivity contribution in [2.45, 2.75) is 11.8 Å². The number of amides is 1. The molecule has 0 aliphatic heterocycles. The van der Waals surface area contributed by atoms with E-state index in [1.54, 1.807) is 48.5 Å². The summed E-state index contributed by atoms with van der Waals surface area (Å²) in [4.78, 5) is 24.1. The Morgan fingerprint density at radius 1 is 1.00 bits per heavy atom. The highest BCUT2D eigenvalue weighted by atomic mass is 35.5. The molecule has 0 aromatic heterocycles. The number of halogens is 1. The van der Waals surface area contributed by atoms with Gasteiger partial charge in [-0.2, -0.15) is 5.10 Å². The van der Waals surface area contributed by atoms with Crippen LogP contribution in [0.3, 0.4) is 0 Å². The molecule has 0 atom stereocenters. The van der Waals surface area contributed by atoms with Crippen molar-refractivity contribution in [2.75, 3.05) is 18.0 Å². The van der Waals surface area contributed by atoms with Gasteiger partial charge in [-0.15, -0.1) is 0 Å². The summed E-state index contributed by atoms with van der Waals surface area (Å²) in [5.41, 5.74) is 4.61. The lowest BCUT2D eigenvalue weighted by Crippen LogP contribution is -2.39. The largest absolute Gasteiger partial charge is 0.465 e. The van der Waals surface area contributed by atoms with E-state index in [2.05, 4.69) is 15.3 Å². The van der Waals surface area contributed by atoms with Crippen LogP contribution in [-0.4, -0.2) is 40.2 Å². The second-order valence-corrected chi connectivity index (χ2v) is 9.51. The highest BCUT2D eigenvalue weighted by Gasteiger charge is 2.27. The fourth-order valence-corrected chi connectivity index (χ4v) is 4.47. The molecule has 176 valence electrons. The first-order valence-corrected chi connectivity index (χ1v) is 11.9. The van der Waals surface area contributed by atoms with Crippen molar-refractivity contribution in [3.63, 3.8) is 0 Å². The maximum atomic E-state index is 13.3. The zero-order valence-corrected chi connectivity index (χ0v) is 20.0. The van der Waals surface area contributed by atoms with Gasteiger partial charge in [0.05, 0.1) is 29.5 Å². The molecule has 0 bridgehead atoms. The number of carbonyl (C=O) groups excluding carboxylic acids is 2. The van der Waals surface area contributed by atoms with E-state index in [-0.39, 0.29) is 4.90 Å². The summed E-state index contributed by atoms with van der Waals surface area (Å²) < 4.78 is 32.2. The van der Waals surface area contributed by atoms with Crippen LogP contribution in [0.2, 0.25) is 5.02 Å². The van der Waals surface area contributed by atoms with Crippen LogP contribution in [0.5, 0.6) is 0 Å². The van der Waals surface area contributed by atoms with Crippen molar-refractivity contribution in [3.8, 4) is 0 Å². The molecule has 0 saturated carbocycles. The van der Waals surface area contributed by atoms with Crippen LogP contribution in [0.4, 0.5) is 5.69 Å². The van der Waals surface area contributed by atoms with Crippen LogP contribution >= 0.6 is 11.6 Å². The number of nitrogens with one attached hydrogen (secondary N) is 1. The van der Waals surface area contributed by atoms with Gasteiger partial charge in [-0.3, -0.25) is 9.10 Å². The minimum absolute atomic E-state index is 0.000489. The highest BCUT2D eigenvalue weighted by molar-refractivity contribution is 7.92. The van der Waals surface area contributed by atoms with Gasteiger partial charge in [-0.25, -0.2) is 18.6 Å². The van der Waals surface area contributed by atoms with Crippen LogP contribution in [0.1, 0.15) is 21.5 Å². The Kier molecular flexibility index (Phi) is 8.04. The van der Waals surface area contributed by atoms with Crippen molar-refractivity contribution >= 4 is 45.4 Å². The fourth-order valence-electron chi connectivity index (χ4n) is 2.93. The van der Waals surface area contributed by atoms with Crippen molar-refractivity contribution in [1.82, 2.24) is 5.43 Å². The number of benzene rings is 3. The van der Waals surface area contributed by atoms with Crippen LogP contribution in [0.15, 0.2) is 82.8 Å². The molecular formula is C24H22ClN3O5S. The van der Waals surface area contributed by atoms with E-state index in [0.717, 1.165) is 9.87 Å². The Balaban J connectivity index is 1.77. The third-order valence-electron chi connectivity index (χ3n) is 4.75. The van der Waals surface area contributed by atoms with E-state index >= 15 is 0 Å². The number of hydrogen-bond acceptors (Lipinski definition) is 6. The van der Waals surface area contributed by atoms with Gasteiger partial charge < -0.3 is 4.74 Å². The van der Waals surface area contributed by atoms with E-state index in [9.17, 15) is 18.0 Å². The van der Waals surface area contributed by atoms with Crippen LogP contribution in [0.25, 0.3) is 0 Å². The summed E-state index contributed by atoms with van der Waals surface area (Å²) in [5, 5.41) is 4.28. The number of hydrogen-bond donors (Lipinski definition) is 1. The maximum absolute atomic E-state index is 13.3. The van der Waals surface area contributed by atoms with Gasteiger partial charge >= 0.3 is 5.97 Å². The van der Waals surface area contributed by atoms with Gasteiger partial charge in [-0.1, -0.05) is 41.4 Å². The average Bonchev–Trinajstić information content (AvgIpc) is 2.83. The molecule has 0 heterocycles. The van der Waals surface area contributed by atoms with Crippen molar-refractivity contribution in [1.29, 1.82) is 0 Å². The molecule has 0 unspecified atom stereocenters. The van der Waals surface area contributed by atoms with Crippen molar-refractivity contribution in [3.05, 3.63) is 94.5 Å². The first-order chi connectivity index (χ1) is 16.2. The predicted molar refractivity (Wildman–Crippen MR) is 131 cm³/mol.